The van der Waals surface area contributed by atoms with Gasteiger partial charge in [-0.15, -0.1) is 5.10 Å². The average Bonchev–Trinajstić information content (AvgIpc) is 3.35. The van der Waals surface area contributed by atoms with Crippen LogP contribution in [0.4, 0.5) is 17.2 Å². The van der Waals surface area contributed by atoms with Crippen LogP contribution >= 0.6 is 0 Å². The summed E-state index contributed by atoms with van der Waals surface area (Å²) in [7, 11) is 0. The van der Waals surface area contributed by atoms with Crippen LogP contribution in [0.25, 0.3) is 5.69 Å². The number of nitrogens with zero attached hydrogens (tertiary/aromatic N) is 6. The number of anilines is 3. The van der Waals surface area contributed by atoms with E-state index in [1.807, 2.05) is 53.5 Å². The molecule has 0 bridgehead atoms. The van der Waals surface area contributed by atoms with Gasteiger partial charge in [-0.1, -0.05) is 11.3 Å². The summed E-state index contributed by atoms with van der Waals surface area (Å²) in [5.41, 5.74) is 15.4. The van der Waals surface area contributed by atoms with Crippen molar-refractivity contribution < 1.29 is 0 Å². The first-order valence-corrected chi connectivity index (χ1v) is 9.68. The Balaban J connectivity index is 1.33. The minimum absolute atomic E-state index is 0.308. The van der Waals surface area contributed by atoms with Crippen LogP contribution in [0.1, 0.15) is 24.6 Å². The molecule has 2 aromatic heterocycles. The summed E-state index contributed by atoms with van der Waals surface area (Å²) in [6, 6.07) is 12.3. The number of nitrogen functional groups attached to an aromatic ring is 2. The number of rotatable bonds is 3. The topological polar surface area (TPSA) is 102 Å². The molecule has 2 saturated heterocycles. The highest BCUT2D eigenvalue weighted by Crippen LogP contribution is 2.38. The number of aromatic nitrogens is 4. The molecule has 2 aliphatic rings. The van der Waals surface area contributed by atoms with Gasteiger partial charge in [-0.2, -0.15) is 0 Å². The minimum atomic E-state index is 0.308. The number of hydrogen-bond donors (Lipinski definition) is 2. The van der Waals surface area contributed by atoms with Gasteiger partial charge in [-0.25, -0.2) is 9.67 Å². The highest BCUT2D eigenvalue weighted by Gasteiger charge is 2.39. The van der Waals surface area contributed by atoms with Gasteiger partial charge < -0.3 is 16.4 Å². The number of nitrogens with two attached hydrogens (primary N) is 2. The van der Waals surface area contributed by atoms with Gasteiger partial charge in [0.2, 0.25) is 0 Å². The van der Waals surface area contributed by atoms with Crippen LogP contribution in [0.15, 0.2) is 48.8 Å². The van der Waals surface area contributed by atoms with Gasteiger partial charge in [0.25, 0.3) is 0 Å². The molecule has 0 aliphatic carbocycles. The summed E-state index contributed by atoms with van der Waals surface area (Å²) in [5.74, 6) is 0.901. The summed E-state index contributed by atoms with van der Waals surface area (Å²) in [5, 5.41) is 8.80. The third-order valence-corrected chi connectivity index (χ3v) is 5.81. The highest BCUT2D eigenvalue weighted by molar-refractivity contribution is 5.62. The molecule has 0 unspecified atom stereocenters. The normalized spacial score (nSPS) is 22.4. The van der Waals surface area contributed by atoms with Crippen molar-refractivity contribution in [2.24, 2.45) is 0 Å². The minimum Gasteiger partial charge on any atom is -0.399 e. The molecule has 4 N–H and O–H groups in total. The predicted molar refractivity (Wildman–Crippen MR) is 109 cm³/mol. The molecule has 0 spiro atoms. The summed E-state index contributed by atoms with van der Waals surface area (Å²) in [6.07, 6.45) is 6.07. The first-order valence-electron chi connectivity index (χ1n) is 9.68. The summed E-state index contributed by atoms with van der Waals surface area (Å²) >= 11 is 0. The van der Waals surface area contributed by atoms with Crippen molar-refractivity contribution in [1.82, 2.24) is 24.9 Å². The van der Waals surface area contributed by atoms with Crippen LogP contribution in [0.3, 0.4) is 0 Å². The SMILES string of the molecule is Nc1cccc(-n2cc([C@H]3CC[C@H]4CN(c5ncccc5N)CCN43)nn2)c1. The lowest BCUT2D eigenvalue weighted by Crippen LogP contribution is -2.51. The van der Waals surface area contributed by atoms with Gasteiger partial charge in [0, 0.05) is 37.6 Å². The third-order valence-electron chi connectivity index (χ3n) is 5.81. The fourth-order valence-electron chi connectivity index (χ4n) is 4.46. The van der Waals surface area contributed by atoms with Crippen LogP contribution in [-0.4, -0.2) is 50.6 Å². The molecular formula is C20H24N8. The van der Waals surface area contributed by atoms with Crippen LogP contribution < -0.4 is 16.4 Å². The van der Waals surface area contributed by atoms with Crippen LogP contribution in [0.5, 0.6) is 0 Å². The van der Waals surface area contributed by atoms with E-state index in [9.17, 15) is 0 Å². The maximum atomic E-state index is 6.13. The van der Waals surface area contributed by atoms with Crippen LogP contribution in [-0.2, 0) is 0 Å². The van der Waals surface area contributed by atoms with E-state index in [4.69, 9.17) is 11.5 Å². The van der Waals surface area contributed by atoms with Crippen molar-refractivity contribution in [1.29, 1.82) is 0 Å². The number of benzene rings is 1. The quantitative estimate of drug-likeness (QED) is 0.673. The lowest BCUT2D eigenvalue weighted by molar-refractivity contribution is 0.173. The van der Waals surface area contributed by atoms with Crippen molar-refractivity contribution in [3.8, 4) is 5.69 Å². The smallest absolute Gasteiger partial charge is 0.151 e. The fraction of sp³-hybridized carbons (Fsp3) is 0.350. The van der Waals surface area contributed by atoms with Crippen molar-refractivity contribution in [2.75, 3.05) is 36.0 Å². The molecule has 0 saturated carbocycles. The van der Waals surface area contributed by atoms with E-state index in [-0.39, 0.29) is 0 Å². The molecule has 0 amide bonds. The maximum Gasteiger partial charge on any atom is 0.151 e. The first-order chi connectivity index (χ1) is 13.7. The van der Waals surface area contributed by atoms with Gasteiger partial charge in [-0.3, -0.25) is 4.90 Å². The monoisotopic (exact) mass is 376 g/mol. The fourth-order valence-corrected chi connectivity index (χ4v) is 4.46. The van der Waals surface area contributed by atoms with Crippen LogP contribution in [0.2, 0.25) is 0 Å². The molecule has 28 heavy (non-hydrogen) atoms. The van der Waals surface area contributed by atoms with E-state index < -0.39 is 0 Å². The Morgan fingerprint density at radius 3 is 2.82 bits per heavy atom. The molecule has 8 heteroatoms. The van der Waals surface area contributed by atoms with Crippen molar-refractivity contribution in [3.05, 3.63) is 54.5 Å². The Bertz CT molecular complexity index is 984. The van der Waals surface area contributed by atoms with Crippen molar-refractivity contribution >= 4 is 17.2 Å². The second-order valence-electron chi connectivity index (χ2n) is 7.53. The summed E-state index contributed by atoms with van der Waals surface area (Å²) in [4.78, 5) is 9.35. The van der Waals surface area contributed by atoms with E-state index in [0.717, 1.165) is 61.0 Å². The highest BCUT2D eigenvalue weighted by atomic mass is 15.4. The van der Waals surface area contributed by atoms with E-state index in [1.54, 1.807) is 0 Å². The molecule has 2 aliphatic heterocycles. The number of hydrogen-bond acceptors (Lipinski definition) is 7. The zero-order valence-corrected chi connectivity index (χ0v) is 15.6. The zero-order chi connectivity index (χ0) is 19.1. The Morgan fingerprint density at radius 1 is 1.04 bits per heavy atom. The van der Waals surface area contributed by atoms with Gasteiger partial charge >= 0.3 is 0 Å². The molecule has 0 radical (unpaired) electrons. The zero-order valence-electron chi connectivity index (χ0n) is 15.6. The predicted octanol–water partition coefficient (Wildman–Crippen LogP) is 1.85. The number of piperazine rings is 1. The molecule has 3 aromatic rings. The largest absolute Gasteiger partial charge is 0.399 e. The summed E-state index contributed by atoms with van der Waals surface area (Å²) < 4.78 is 1.81. The molecule has 8 nitrogen and oxygen atoms in total. The number of pyridine rings is 1. The van der Waals surface area contributed by atoms with E-state index in [0.29, 0.717) is 12.1 Å². The Hall–Kier alpha value is -3.13. The number of fused-ring (bicyclic) bond motifs is 1. The third kappa shape index (κ3) is 2.95. The Labute approximate surface area is 163 Å². The molecule has 5 rings (SSSR count). The van der Waals surface area contributed by atoms with Crippen molar-refractivity contribution in [3.63, 3.8) is 0 Å². The van der Waals surface area contributed by atoms with Gasteiger partial charge in [0.1, 0.15) is 5.69 Å². The second kappa shape index (κ2) is 6.79. The van der Waals surface area contributed by atoms with Gasteiger partial charge in [0.05, 0.1) is 23.6 Å². The van der Waals surface area contributed by atoms with Crippen molar-refractivity contribution in [2.45, 2.75) is 24.9 Å². The lowest BCUT2D eigenvalue weighted by Gasteiger charge is -2.40. The van der Waals surface area contributed by atoms with E-state index in [1.165, 1.54) is 0 Å². The molecule has 4 heterocycles. The van der Waals surface area contributed by atoms with E-state index in [2.05, 4.69) is 25.1 Å². The maximum absolute atomic E-state index is 6.13. The summed E-state index contributed by atoms with van der Waals surface area (Å²) in [6.45, 7) is 2.83. The first kappa shape index (κ1) is 17.0. The molecule has 2 atom stereocenters. The van der Waals surface area contributed by atoms with Gasteiger partial charge in [0.15, 0.2) is 5.82 Å². The van der Waals surface area contributed by atoms with E-state index >= 15 is 0 Å². The molecule has 1 aromatic carbocycles. The molecule has 144 valence electrons. The molecular weight excluding hydrogens is 352 g/mol. The standard InChI is InChI=1S/C20H24N8/c21-14-3-1-4-15(11-14)28-13-18(24-25-28)19-7-6-16-12-26(9-10-27(16)19)20-17(22)5-2-8-23-20/h1-5,8,11,13,16,19H,6-7,9-10,12,21-22H2/t16-,19+/m0/s1. The van der Waals surface area contributed by atoms with Gasteiger partial charge in [-0.05, 0) is 43.2 Å². The lowest BCUT2D eigenvalue weighted by atomic mass is 10.1. The Morgan fingerprint density at radius 2 is 1.96 bits per heavy atom. The Kier molecular flexibility index (Phi) is 4.12. The average molecular weight is 376 g/mol. The van der Waals surface area contributed by atoms with Crippen LogP contribution in [0, 0.1) is 0 Å². The second-order valence-corrected chi connectivity index (χ2v) is 7.53. The molecule has 2 fully saturated rings.